The summed E-state index contributed by atoms with van der Waals surface area (Å²) in [6.07, 6.45) is 10.3. The van der Waals surface area contributed by atoms with Gasteiger partial charge in [0.15, 0.2) is 0 Å². The first-order valence-corrected chi connectivity index (χ1v) is 20.8. The van der Waals surface area contributed by atoms with Crippen molar-refractivity contribution in [1.82, 2.24) is 30.5 Å². The summed E-state index contributed by atoms with van der Waals surface area (Å²) in [7, 11) is -3.79. The molecule has 1 unspecified atom stereocenters. The molecule has 2 heterocycles. The monoisotopic (exact) mass is 772 g/mol. The van der Waals surface area contributed by atoms with Gasteiger partial charge in [0.25, 0.3) is 15.9 Å². The average molecular weight is 773 g/mol. The van der Waals surface area contributed by atoms with E-state index in [1.54, 1.807) is 24.4 Å². The molecule has 0 spiro atoms. The van der Waals surface area contributed by atoms with Gasteiger partial charge in [-0.2, -0.15) is 4.31 Å². The molecule has 0 radical (unpaired) electrons. The molecule has 6 atom stereocenters. The summed E-state index contributed by atoms with van der Waals surface area (Å²) in [6.45, 7) is 15.7. The van der Waals surface area contributed by atoms with Crippen LogP contribution in [0.5, 0.6) is 0 Å². The molecule has 5 amide bonds. The van der Waals surface area contributed by atoms with E-state index < -0.39 is 63.2 Å². The van der Waals surface area contributed by atoms with Crippen LogP contribution in [0.4, 0.5) is 4.79 Å². The zero-order valence-corrected chi connectivity index (χ0v) is 33.4. The summed E-state index contributed by atoms with van der Waals surface area (Å²) in [5.74, 6) is -0.489. The third-order valence-electron chi connectivity index (χ3n) is 11.2. The molecular weight excluding hydrogens is 717 g/mol. The van der Waals surface area contributed by atoms with Gasteiger partial charge in [-0.05, 0) is 59.3 Å². The molecule has 13 nitrogen and oxygen atoms in total. The Kier molecular flexibility index (Phi) is 13.6. The van der Waals surface area contributed by atoms with Crippen LogP contribution in [0.2, 0.25) is 0 Å². The molecule has 53 heavy (non-hydrogen) atoms. The van der Waals surface area contributed by atoms with Crippen molar-refractivity contribution in [2.45, 2.75) is 108 Å². The number of nitrogens with zero attached hydrogens (tertiary/aromatic N) is 2. The zero-order chi connectivity index (χ0) is 39.3. The van der Waals surface area contributed by atoms with Gasteiger partial charge in [0.2, 0.25) is 17.6 Å². The fourth-order valence-corrected chi connectivity index (χ4v) is 10.5. The van der Waals surface area contributed by atoms with Crippen molar-refractivity contribution in [3.8, 4) is 12.3 Å². The Balaban J connectivity index is 1.55. The van der Waals surface area contributed by atoms with Crippen molar-refractivity contribution in [3.63, 3.8) is 0 Å². The second kappa shape index (κ2) is 17.2. The lowest BCUT2D eigenvalue weighted by atomic mass is 9.86. The minimum Gasteiger partial charge on any atom is -0.346 e. The third kappa shape index (κ3) is 9.50. The summed E-state index contributed by atoms with van der Waals surface area (Å²) in [4.78, 5) is 69.8. The van der Waals surface area contributed by atoms with E-state index in [9.17, 15) is 32.4 Å². The molecule has 1 aliphatic heterocycles. The molecule has 2 aliphatic carbocycles. The van der Waals surface area contributed by atoms with Gasteiger partial charge in [0.05, 0.1) is 6.04 Å². The molecule has 1 aromatic rings. The number of terminal acetylenes is 1. The van der Waals surface area contributed by atoms with E-state index in [1.807, 2.05) is 34.6 Å². The second-order valence-corrected chi connectivity index (χ2v) is 19.1. The van der Waals surface area contributed by atoms with Crippen molar-refractivity contribution in [1.29, 1.82) is 0 Å². The Hall–Kier alpha value is -3.74. The Bertz CT molecular complexity index is 1670. The van der Waals surface area contributed by atoms with Crippen LogP contribution in [-0.2, 0) is 29.2 Å². The number of Topliss-reactive ketones (excluding diaryl/α,β-unsaturated/α-hetero) is 1. The quantitative estimate of drug-likeness (QED) is 0.107. The van der Waals surface area contributed by atoms with Gasteiger partial charge < -0.3 is 26.2 Å². The van der Waals surface area contributed by atoms with Gasteiger partial charge in [0, 0.05) is 38.6 Å². The van der Waals surface area contributed by atoms with Crippen LogP contribution in [0, 0.1) is 40.9 Å². The van der Waals surface area contributed by atoms with Crippen LogP contribution in [0.15, 0.2) is 34.4 Å². The van der Waals surface area contributed by atoms with E-state index >= 15 is 0 Å². The first kappa shape index (κ1) is 42.0. The molecule has 0 aromatic carbocycles. The van der Waals surface area contributed by atoms with Crippen molar-refractivity contribution in [2.24, 2.45) is 28.6 Å². The van der Waals surface area contributed by atoms with Crippen molar-refractivity contribution >= 4 is 50.9 Å². The van der Waals surface area contributed by atoms with E-state index in [0.717, 1.165) is 24.2 Å². The topological polar surface area (TPSA) is 174 Å². The van der Waals surface area contributed by atoms with Crippen molar-refractivity contribution < 1.29 is 32.4 Å². The standard InChI is InChI=1S/C38H56N6O7S2/c1-9-12-18-26(32(45)34(47)39-20-10-2)40-33(46)31-29-25(38(29,7)8)22-44(31)35(48)30(24-16-13-14-17-24)42-36(49)41-27(37(4,5)6)23-43(11-3)53(50,51)28-19-15-21-52-28/h1,10,15,19,21,24-27,29-31H,2,11-14,16-18,20,22-23H2,3-8H3,(H,39,47)(H,40,46)(H2,41,42,49)/t25-,26?,27+,29-,30-,31-/m0/s1. The van der Waals surface area contributed by atoms with Gasteiger partial charge in [0.1, 0.15) is 16.3 Å². The highest BCUT2D eigenvalue weighted by molar-refractivity contribution is 7.91. The number of amides is 5. The van der Waals surface area contributed by atoms with Crippen LogP contribution in [0.3, 0.4) is 0 Å². The lowest BCUT2D eigenvalue weighted by molar-refractivity contribution is -0.144. The first-order valence-electron chi connectivity index (χ1n) is 18.5. The number of hydrogen-bond acceptors (Lipinski definition) is 8. The Labute approximate surface area is 318 Å². The molecule has 1 saturated heterocycles. The number of ketones is 1. The largest absolute Gasteiger partial charge is 0.346 e. The van der Waals surface area contributed by atoms with Crippen molar-refractivity contribution in [3.05, 3.63) is 30.2 Å². The maximum atomic E-state index is 14.6. The van der Waals surface area contributed by atoms with Crippen molar-refractivity contribution in [2.75, 3.05) is 26.2 Å². The predicted octanol–water partition coefficient (Wildman–Crippen LogP) is 3.28. The second-order valence-electron chi connectivity index (χ2n) is 16.0. The number of thiophene rings is 1. The summed E-state index contributed by atoms with van der Waals surface area (Å²) in [5.41, 5.74) is -0.787. The number of piperidine rings is 1. The molecule has 4 N–H and O–H groups in total. The molecule has 2 saturated carbocycles. The van der Waals surface area contributed by atoms with Gasteiger partial charge in [-0.1, -0.05) is 66.5 Å². The molecule has 4 rings (SSSR count). The summed E-state index contributed by atoms with van der Waals surface area (Å²) >= 11 is 1.13. The van der Waals surface area contributed by atoms with Crippen LogP contribution in [0.25, 0.3) is 0 Å². The first-order chi connectivity index (χ1) is 24.9. The number of hydrogen-bond donors (Lipinski definition) is 4. The Morgan fingerprint density at radius 3 is 2.40 bits per heavy atom. The van der Waals surface area contributed by atoms with Crippen LogP contribution in [0.1, 0.15) is 80.1 Å². The lowest BCUT2D eigenvalue weighted by Crippen LogP contribution is -2.61. The summed E-state index contributed by atoms with van der Waals surface area (Å²) < 4.78 is 28.4. The number of likely N-dealkylation sites (N-methyl/N-ethyl adjacent to an activating group) is 1. The lowest BCUT2D eigenvalue weighted by Gasteiger charge is -2.37. The van der Waals surface area contributed by atoms with E-state index in [0.29, 0.717) is 19.4 Å². The Morgan fingerprint density at radius 1 is 1.15 bits per heavy atom. The molecule has 3 aliphatic rings. The highest BCUT2D eigenvalue weighted by Gasteiger charge is 2.69. The van der Waals surface area contributed by atoms with E-state index in [2.05, 4.69) is 33.8 Å². The molecule has 3 fully saturated rings. The molecule has 1 aromatic heterocycles. The van der Waals surface area contributed by atoms with Gasteiger partial charge in [-0.3, -0.25) is 19.2 Å². The third-order valence-corrected chi connectivity index (χ3v) is 14.5. The number of carbonyl (C=O) groups excluding carboxylic acids is 5. The van der Waals surface area contributed by atoms with Gasteiger partial charge >= 0.3 is 6.03 Å². The average Bonchev–Trinajstić information content (AvgIpc) is 3.75. The van der Waals surface area contributed by atoms with E-state index in [1.165, 1.54) is 15.3 Å². The van der Waals surface area contributed by atoms with Crippen LogP contribution in [-0.4, -0.2) is 97.5 Å². The molecule has 15 heteroatoms. The minimum atomic E-state index is -3.79. The fraction of sp³-hybridized carbons (Fsp3) is 0.658. The number of nitrogens with one attached hydrogen (secondary N) is 4. The number of fused-ring (bicyclic) bond motifs is 1. The highest BCUT2D eigenvalue weighted by atomic mass is 32.2. The fourth-order valence-electron chi connectivity index (χ4n) is 7.84. The number of rotatable bonds is 17. The maximum absolute atomic E-state index is 14.6. The van der Waals surface area contributed by atoms with Gasteiger partial charge in [-0.25, -0.2) is 13.2 Å². The molecule has 0 bridgehead atoms. The van der Waals surface area contributed by atoms with Gasteiger partial charge in [-0.15, -0.1) is 30.3 Å². The summed E-state index contributed by atoms with van der Waals surface area (Å²) in [6, 6.07) is -1.02. The number of urea groups is 1. The zero-order valence-electron chi connectivity index (χ0n) is 31.8. The number of likely N-dealkylation sites (tertiary alicyclic amines) is 1. The predicted molar refractivity (Wildman–Crippen MR) is 204 cm³/mol. The number of sulfonamides is 1. The minimum absolute atomic E-state index is 0.0215. The smallest absolute Gasteiger partial charge is 0.315 e. The van der Waals surface area contributed by atoms with E-state index in [-0.39, 0.29) is 65.8 Å². The summed E-state index contributed by atoms with van der Waals surface area (Å²) in [5, 5.41) is 12.8. The normalized spacial score (nSPS) is 22.5. The van der Waals surface area contributed by atoms with Crippen LogP contribution >= 0.6 is 11.3 Å². The SMILES string of the molecule is C#CCCC(NC(=O)[C@@H]1[C@@H]2[C@H](CN1C(=O)[C@@H](NC(=O)N[C@H](CN(CC)S(=O)(=O)c1cccs1)C(C)(C)C)C1CCCC1)C2(C)C)C(=O)C(=O)NCC=C. The Morgan fingerprint density at radius 2 is 1.83 bits per heavy atom. The van der Waals surface area contributed by atoms with E-state index in [4.69, 9.17) is 6.42 Å². The molecule has 292 valence electrons. The number of carbonyl (C=O) groups is 5. The highest BCUT2D eigenvalue weighted by Crippen LogP contribution is 2.65. The van der Waals surface area contributed by atoms with Crippen LogP contribution < -0.4 is 21.3 Å². The molecular formula is C38H56N6O7S2. The maximum Gasteiger partial charge on any atom is 0.315 e.